The van der Waals surface area contributed by atoms with E-state index in [4.69, 9.17) is 5.11 Å². The van der Waals surface area contributed by atoms with Crippen LogP contribution in [-0.4, -0.2) is 33.5 Å². The van der Waals surface area contributed by atoms with Gasteiger partial charge in [0.05, 0.1) is 12.2 Å². The fraction of sp³-hybridized carbons (Fsp3) is 0.550. The fourth-order valence-corrected chi connectivity index (χ4v) is 2.03. The number of carbonyl (C=O) groups is 1. The molecule has 0 unspecified atom stereocenters. The van der Waals surface area contributed by atoms with Crippen molar-refractivity contribution in [1.82, 2.24) is 0 Å². The second kappa shape index (κ2) is 16.2. The highest BCUT2D eigenvalue weighted by Gasteiger charge is 2.12. The van der Waals surface area contributed by atoms with E-state index in [9.17, 15) is 15.0 Å². The molecule has 0 bridgehead atoms. The van der Waals surface area contributed by atoms with Crippen LogP contribution in [0, 0.1) is 0 Å². The summed E-state index contributed by atoms with van der Waals surface area (Å²) in [5.74, 6) is -0.891. The number of aliphatic carboxylic acids is 1. The quantitative estimate of drug-likeness (QED) is 0.253. The van der Waals surface area contributed by atoms with Gasteiger partial charge in [0.2, 0.25) is 0 Å². The lowest BCUT2D eigenvalue weighted by Gasteiger charge is -2.13. The molecule has 0 aliphatic heterocycles. The predicted octanol–water partition coefficient (Wildman–Crippen LogP) is 4.16. The molecule has 0 rings (SSSR count). The topological polar surface area (TPSA) is 77.8 Å². The molecule has 0 spiro atoms. The molecule has 0 aromatic heterocycles. The first-order chi connectivity index (χ1) is 11.6. The Balaban J connectivity index is 3.81. The minimum atomic E-state index is -0.974. The van der Waals surface area contributed by atoms with Crippen molar-refractivity contribution in [1.29, 1.82) is 0 Å². The number of allylic oxidation sites excluding steroid dienone is 7. The van der Waals surface area contributed by atoms with Gasteiger partial charge < -0.3 is 15.3 Å². The van der Waals surface area contributed by atoms with Crippen LogP contribution in [0.1, 0.15) is 58.3 Å². The highest BCUT2D eigenvalue weighted by Crippen LogP contribution is 2.06. The van der Waals surface area contributed by atoms with Crippen molar-refractivity contribution >= 4 is 5.97 Å². The van der Waals surface area contributed by atoms with Gasteiger partial charge in [-0.3, -0.25) is 4.79 Å². The molecule has 3 N–H and O–H groups in total. The smallest absolute Gasteiger partial charge is 0.303 e. The highest BCUT2D eigenvalue weighted by molar-refractivity contribution is 5.66. The number of unbranched alkanes of at least 4 members (excludes halogenated alkanes) is 3. The molecular formula is C20H32O4. The van der Waals surface area contributed by atoms with Crippen LogP contribution < -0.4 is 0 Å². The van der Waals surface area contributed by atoms with E-state index in [1.807, 2.05) is 12.2 Å². The molecule has 0 saturated carbocycles. The van der Waals surface area contributed by atoms with Crippen LogP contribution in [0.15, 0.2) is 48.6 Å². The van der Waals surface area contributed by atoms with Crippen LogP contribution in [-0.2, 0) is 4.79 Å². The minimum absolute atomic E-state index is 0.00520. The second-order valence-electron chi connectivity index (χ2n) is 5.74. The van der Waals surface area contributed by atoms with Crippen LogP contribution in [0.4, 0.5) is 0 Å². The van der Waals surface area contributed by atoms with E-state index < -0.39 is 18.2 Å². The zero-order valence-electron chi connectivity index (χ0n) is 14.7. The number of carboxylic acid groups (broad SMARTS) is 1. The van der Waals surface area contributed by atoms with E-state index in [1.165, 1.54) is 25.3 Å². The summed E-state index contributed by atoms with van der Waals surface area (Å²) >= 11 is 0. The molecule has 0 radical (unpaired) electrons. The standard InChI is InChI=1S/C20H32O4/c1-2-3-4-5-6-7-8-9-10-11-12-13-15-18(21)19(22)16-14-17-20(23)24/h6-7,9-13,15,18-19,21-22H,2-5,8,14,16-17H2,1H3,(H,23,24)/t18-,19+/m1/s1. The zero-order valence-corrected chi connectivity index (χ0v) is 14.7. The van der Waals surface area contributed by atoms with E-state index in [0.717, 1.165) is 12.8 Å². The van der Waals surface area contributed by atoms with Crippen molar-refractivity contribution in [2.24, 2.45) is 0 Å². The van der Waals surface area contributed by atoms with Crippen molar-refractivity contribution in [3.8, 4) is 0 Å². The molecule has 24 heavy (non-hydrogen) atoms. The molecule has 0 amide bonds. The van der Waals surface area contributed by atoms with Gasteiger partial charge in [0.25, 0.3) is 0 Å². The Bertz CT molecular complexity index is 421. The van der Waals surface area contributed by atoms with Crippen molar-refractivity contribution in [3.63, 3.8) is 0 Å². The Morgan fingerprint density at radius 1 is 0.958 bits per heavy atom. The molecule has 0 aliphatic rings. The first-order valence-electron chi connectivity index (χ1n) is 8.80. The first kappa shape index (κ1) is 22.4. The van der Waals surface area contributed by atoms with E-state index >= 15 is 0 Å². The Morgan fingerprint density at radius 3 is 2.42 bits per heavy atom. The van der Waals surface area contributed by atoms with Crippen LogP contribution in [0.5, 0.6) is 0 Å². The van der Waals surface area contributed by atoms with Gasteiger partial charge >= 0.3 is 5.97 Å². The Hall–Kier alpha value is -1.65. The molecule has 4 nitrogen and oxygen atoms in total. The van der Waals surface area contributed by atoms with Crippen LogP contribution in [0.25, 0.3) is 0 Å². The maximum Gasteiger partial charge on any atom is 0.303 e. The van der Waals surface area contributed by atoms with E-state index in [1.54, 1.807) is 12.2 Å². The third-order valence-electron chi connectivity index (χ3n) is 3.48. The van der Waals surface area contributed by atoms with Gasteiger partial charge in [-0.1, -0.05) is 68.4 Å². The number of carboxylic acids is 1. The zero-order chi connectivity index (χ0) is 18.0. The minimum Gasteiger partial charge on any atom is -0.481 e. The fourth-order valence-electron chi connectivity index (χ4n) is 2.03. The van der Waals surface area contributed by atoms with Crippen molar-refractivity contribution in [2.75, 3.05) is 0 Å². The molecule has 0 aromatic rings. The lowest BCUT2D eigenvalue weighted by Crippen LogP contribution is -2.23. The Morgan fingerprint density at radius 2 is 1.71 bits per heavy atom. The normalized spacial score (nSPS) is 15.1. The number of rotatable bonds is 14. The Kier molecular flexibility index (Phi) is 15.1. The summed E-state index contributed by atoms with van der Waals surface area (Å²) in [7, 11) is 0. The van der Waals surface area contributed by atoms with Crippen LogP contribution in [0.2, 0.25) is 0 Å². The summed E-state index contributed by atoms with van der Waals surface area (Å²) in [6.45, 7) is 2.20. The maximum atomic E-state index is 10.4. The van der Waals surface area contributed by atoms with Gasteiger partial charge in [-0.05, 0) is 32.1 Å². The molecule has 0 aliphatic carbocycles. The summed E-state index contributed by atoms with van der Waals surface area (Å²) in [4.78, 5) is 10.4. The van der Waals surface area contributed by atoms with Gasteiger partial charge in [0, 0.05) is 6.42 Å². The van der Waals surface area contributed by atoms with Gasteiger partial charge in [-0.15, -0.1) is 0 Å². The molecule has 0 aromatic carbocycles. The van der Waals surface area contributed by atoms with Crippen LogP contribution >= 0.6 is 0 Å². The summed E-state index contributed by atoms with van der Waals surface area (Å²) < 4.78 is 0. The van der Waals surface area contributed by atoms with Gasteiger partial charge in [0.1, 0.15) is 0 Å². The average Bonchev–Trinajstić information content (AvgIpc) is 2.55. The van der Waals surface area contributed by atoms with Crippen molar-refractivity contribution in [3.05, 3.63) is 48.6 Å². The van der Waals surface area contributed by atoms with Gasteiger partial charge in [0.15, 0.2) is 0 Å². The third kappa shape index (κ3) is 15.3. The SMILES string of the molecule is CCCCCC=CCC=CC=CC=C[C@@H](O)[C@@H](O)CCCC(=O)O. The lowest BCUT2D eigenvalue weighted by molar-refractivity contribution is -0.137. The monoisotopic (exact) mass is 336 g/mol. The summed E-state index contributed by atoms with van der Waals surface area (Å²) in [5.41, 5.74) is 0. The first-order valence-corrected chi connectivity index (χ1v) is 8.80. The molecule has 0 fully saturated rings. The lowest BCUT2D eigenvalue weighted by atomic mass is 10.1. The molecule has 0 saturated heterocycles. The van der Waals surface area contributed by atoms with Crippen molar-refractivity contribution in [2.45, 2.75) is 70.5 Å². The number of hydrogen-bond donors (Lipinski definition) is 3. The summed E-state index contributed by atoms with van der Waals surface area (Å²) in [6.07, 6.45) is 19.8. The van der Waals surface area contributed by atoms with Crippen molar-refractivity contribution < 1.29 is 20.1 Å². The molecular weight excluding hydrogens is 304 g/mol. The molecule has 136 valence electrons. The maximum absolute atomic E-state index is 10.4. The second-order valence-corrected chi connectivity index (χ2v) is 5.74. The molecule has 2 atom stereocenters. The van der Waals surface area contributed by atoms with Crippen LogP contribution in [0.3, 0.4) is 0 Å². The Labute approximate surface area is 145 Å². The average molecular weight is 336 g/mol. The van der Waals surface area contributed by atoms with Gasteiger partial charge in [-0.2, -0.15) is 0 Å². The van der Waals surface area contributed by atoms with E-state index in [2.05, 4.69) is 25.2 Å². The number of hydrogen-bond acceptors (Lipinski definition) is 3. The number of aliphatic hydroxyl groups excluding tert-OH is 2. The number of aliphatic hydroxyl groups is 2. The largest absolute Gasteiger partial charge is 0.481 e. The highest BCUT2D eigenvalue weighted by atomic mass is 16.4. The van der Waals surface area contributed by atoms with E-state index in [0.29, 0.717) is 6.42 Å². The molecule has 4 heteroatoms. The molecule has 0 heterocycles. The summed E-state index contributed by atoms with van der Waals surface area (Å²) in [6, 6.07) is 0. The third-order valence-corrected chi connectivity index (χ3v) is 3.48. The summed E-state index contributed by atoms with van der Waals surface area (Å²) in [5, 5.41) is 27.9. The predicted molar refractivity (Wildman–Crippen MR) is 98.8 cm³/mol. The van der Waals surface area contributed by atoms with E-state index in [-0.39, 0.29) is 12.8 Å². The van der Waals surface area contributed by atoms with Gasteiger partial charge in [-0.25, -0.2) is 0 Å².